The molecule has 164 valence electrons. The van der Waals surface area contributed by atoms with E-state index >= 15 is 0 Å². The van der Waals surface area contributed by atoms with Gasteiger partial charge in [-0.05, 0) is 61.2 Å². The third-order valence-electron chi connectivity index (χ3n) is 8.09. The van der Waals surface area contributed by atoms with E-state index in [0.717, 1.165) is 38.2 Å². The number of allylic oxidation sites excluding steroid dienone is 3. The lowest BCUT2D eigenvalue weighted by Crippen LogP contribution is -2.51. The number of nitrogens with one attached hydrogen (secondary N) is 1. The summed E-state index contributed by atoms with van der Waals surface area (Å²) in [5.74, 6) is -1.82. The lowest BCUT2D eigenvalue weighted by atomic mass is 9.46. The molecule has 3 aliphatic carbocycles. The summed E-state index contributed by atoms with van der Waals surface area (Å²) in [5, 5.41) is 22.1. The number of hydrogen-bond acceptors (Lipinski definition) is 5. The van der Waals surface area contributed by atoms with E-state index in [4.69, 9.17) is 5.11 Å². The number of carbonyl (C=O) groups is 3. The molecular formula is C24H33NO5. The quantitative estimate of drug-likeness (QED) is 0.446. The second-order valence-electron chi connectivity index (χ2n) is 9.74. The zero-order chi connectivity index (χ0) is 22.3. The summed E-state index contributed by atoms with van der Waals surface area (Å²) in [6.45, 7) is 11.1. The van der Waals surface area contributed by atoms with Gasteiger partial charge in [-0.25, -0.2) is 0 Å². The molecule has 2 saturated carbocycles. The molecule has 4 unspecified atom stereocenters. The number of ketones is 2. The fourth-order valence-corrected chi connectivity index (χ4v) is 5.93. The number of Topliss-reactive ketones (excluding diaryl/α,β-unsaturated/α-hetero) is 1. The summed E-state index contributed by atoms with van der Waals surface area (Å²) in [7, 11) is 0. The Morgan fingerprint density at radius 1 is 1.30 bits per heavy atom. The summed E-state index contributed by atoms with van der Waals surface area (Å²) in [6, 6.07) is 0. The molecule has 0 aliphatic heterocycles. The second kappa shape index (κ2) is 8.05. The van der Waals surface area contributed by atoms with Crippen molar-refractivity contribution in [1.29, 1.82) is 0 Å². The van der Waals surface area contributed by atoms with Crippen LogP contribution in [-0.4, -0.2) is 34.3 Å². The highest BCUT2D eigenvalue weighted by atomic mass is 16.4. The first-order valence-corrected chi connectivity index (χ1v) is 10.9. The van der Waals surface area contributed by atoms with Gasteiger partial charge in [0.1, 0.15) is 0 Å². The van der Waals surface area contributed by atoms with Crippen LogP contribution in [0, 0.1) is 22.7 Å². The molecule has 0 bridgehead atoms. The Kier molecular flexibility index (Phi) is 5.99. The van der Waals surface area contributed by atoms with E-state index in [9.17, 15) is 19.5 Å². The first-order chi connectivity index (χ1) is 14.0. The normalized spacial score (nSPS) is 34.5. The maximum absolute atomic E-state index is 13.1. The standard InChI is InChI=1S/C24H33NO5/c1-14-6-5-7-19-23(14,3)10-8-15(2)24(19,4)13-16-21(29)17(12-18(26)22(16)30)25-11-9-20(27)28/h12,15,19,25,30H,1,5-11,13H2,2-4H3,(H,27,28). The van der Waals surface area contributed by atoms with E-state index in [2.05, 4.69) is 32.7 Å². The number of aliphatic hydroxyl groups excluding tert-OH is 1. The van der Waals surface area contributed by atoms with Gasteiger partial charge in [0.2, 0.25) is 11.6 Å². The highest BCUT2D eigenvalue weighted by Crippen LogP contribution is 2.63. The number of carboxylic acids is 1. The van der Waals surface area contributed by atoms with Crippen molar-refractivity contribution >= 4 is 17.5 Å². The summed E-state index contributed by atoms with van der Waals surface area (Å²) in [4.78, 5) is 36.3. The molecule has 0 aromatic heterocycles. The molecule has 6 heteroatoms. The van der Waals surface area contributed by atoms with Crippen molar-refractivity contribution in [3.05, 3.63) is 35.3 Å². The number of rotatable bonds is 6. The van der Waals surface area contributed by atoms with Gasteiger partial charge in [-0.2, -0.15) is 0 Å². The predicted molar refractivity (Wildman–Crippen MR) is 114 cm³/mol. The largest absolute Gasteiger partial charge is 0.504 e. The van der Waals surface area contributed by atoms with Crippen LogP contribution in [0.25, 0.3) is 0 Å². The second-order valence-corrected chi connectivity index (χ2v) is 9.74. The maximum atomic E-state index is 13.1. The van der Waals surface area contributed by atoms with Crippen LogP contribution < -0.4 is 5.32 Å². The minimum atomic E-state index is -0.989. The molecule has 0 amide bonds. The Morgan fingerprint density at radius 2 is 2.00 bits per heavy atom. The molecule has 6 nitrogen and oxygen atoms in total. The van der Waals surface area contributed by atoms with Crippen molar-refractivity contribution in [1.82, 2.24) is 5.32 Å². The highest BCUT2D eigenvalue weighted by Gasteiger charge is 2.54. The van der Waals surface area contributed by atoms with Crippen molar-refractivity contribution in [3.8, 4) is 0 Å². The Labute approximate surface area is 178 Å². The predicted octanol–water partition coefficient (Wildman–Crippen LogP) is 4.09. The molecule has 0 saturated heterocycles. The smallest absolute Gasteiger partial charge is 0.305 e. The van der Waals surface area contributed by atoms with Crippen LogP contribution in [0.1, 0.15) is 65.7 Å². The molecule has 3 aliphatic rings. The van der Waals surface area contributed by atoms with Gasteiger partial charge in [-0.1, -0.05) is 32.9 Å². The molecule has 30 heavy (non-hydrogen) atoms. The van der Waals surface area contributed by atoms with E-state index < -0.39 is 23.3 Å². The lowest BCUT2D eigenvalue weighted by Gasteiger charge is -2.59. The summed E-state index contributed by atoms with van der Waals surface area (Å²) in [5.41, 5.74) is 1.25. The number of carboxylic acid groups (broad SMARTS) is 1. The van der Waals surface area contributed by atoms with Crippen LogP contribution in [-0.2, 0) is 14.4 Å². The molecule has 0 radical (unpaired) electrons. The van der Waals surface area contributed by atoms with E-state index in [-0.39, 0.29) is 35.1 Å². The molecular weight excluding hydrogens is 382 g/mol. The van der Waals surface area contributed by atoms with E-state index in [1.54, 1.807) is 0 Å². The number of fused-ring (bicyclic) bond motifs is 1. The first kappa shape index (κ1) is 22.3. The van der Waals surface area contributed by atoms with Crippen molar-refractivity contribution < 1.29 is 24.6 Å². The number of aliphatic carboxylic acids is 1. The Balaban J connectivity index is 1.89. The summed E-state index contributed by atoms with van der Waals surface area (Å²) in [6.07, 6.45) is 6.47. The van der Waals surface area contributed by atoms with Crippen molar-refractivity contribution in [2.45, 2.75) is 65.7 Å². The van der Waals surface area contributed by atoms with Crippen LogP contribution >= 0.6 is 0 Å². The van der Waals surface area contributed by atoms with Gasteiger partial charge < -0.3 is 15.5 Å². The average Bonchev–Trinajstić information content (AvgIpc) is 2.68. The third-order valence-corrected chi connectivity index (χ3v) is 8.09. The molecule has 0 heterocycles. The van der Waals surface area contributed by atoms with Gasteiger partial charge in [-0.3, -0.25) is 14.4 Å². The number of aliphatic hydroxyl groups is 1. The third kappa shape index (κ3) is 3.72. The van der Waals surface area contributed by atoms with Crippen LogP contribution in [0.4, 0.5) is 0 Å². The van der Waals surface area contributed by atoms with Crippen LogP contribution in [0.2, 0.25) is 0 Å². The lowest BCUT2D eigenvalue weighted by molar-refractivity contribution is -0.136. The van der Waals surface area contributed by atoms with Crippen molar-refractivity contribution in [2.75, 3.05) is 6.54 Å². The van der Waals surface area contributed by atoms with Crippen molar-refractivity contribution in [3.63, 3.8) is 0 Å². The first-order valence-electron chi connectivity index (χ1n) is 10.9. The number of hydrogen-bond donors (Lipinski definition) is 3. The molecule has 4 atom stereocenters. The molecule has 3 rings (SSSR count). The fraction of sp³-hybridized carbons (Fsp3) is 0.625. The van der Waals surface area contributed by atoms with Gasteiger partial charge in [0.15, 0.2) is 5.76 Å². The van der Waals surface area contributed by atoms with Crippen LogP contribution in [0.5, 0.6) is 0 Å². The Bertz CT molecular complexity index is 854. The molecule has 3 N–H and O–H groups in total. The Hall–Kier alpha value is -2.37. The zero-order valence-corrected chi connectivity index (χ0v) is 18.2. The van der Waals surface area contributed by atoms with E-state index in [0.29, 0.717) is 18.3 Å². The van der Waals surface area contributed by atoms with Crippen LogP contribution in [0.3, 0.4) is 0 Å². The SMILES string of the molecule is C=C1CCCC2C1(C)CCC(C)C2(C)CC1=C(O)C(=O)C=C(NCCC(=O)O)C1=O. The number of carbonyl (C=O) groups excluding carboxylic acids is 2. The van der Waals surface area contributed by atoms with Gasteiger partial charge in [-0.15, -0.1) is 0 Å². The van der Waals surface area contributed by atoms with E-state index in [1.165, 1.54) is 5.57 Å². The highest BCUT2D eigenvalue weighted by molar-refractivity contribution is 6.21. The average molecular weight is 416 g/mol. The minimum absolute atomic E-state index is 0.00974. The van der Waals surface area contributed by atoms with E-state index in [1.807, 2.05) is 0 Å². The summed E-state index contributed by atoms with van der Waals surface area (Å²) < 4.78 is 0. The van der Waals surface area contributed by atoms with Gasteiger partial charge in [0.05, 0.1) is 12.1 Å². The van der Waals surface area contributed by atoms with Gasteiger partial charge in [0, 0.05) is 18.2 Å². The van der Waals surface area contributed by atoms with Crippen LogP contribution in [0.15, 0.2) is 35.3 Å². The Morgan fingerprint density at radius 3 is 2.67 bits per heavy atom. The summed E-state index contributed by atoms with van der Waals surface area (Å²) >= 11 is 0. The minimum Gasteiger partial charge on any atom is -0.504 e. The molecule has 0 spiro atoms. The molecule has 0 aromatic rings. The fourth-order valence-electron chi connectivity index (χ4n) is 5.93. The van der Waals surface area contributed by atoms with Gasteiger partial charge >= 0.3 is 5.97 Å². The molecule has 2 fully saturated rings. The van der Waals surface area contributed by atoms with Crippen molar-refractivity contribution in [2.24, 2.45) is 22.7 Å². The maximum Gasteiger partial charge on any atom is 0.305 e. The monoisotopic (exact) mass is 415 g/mol. The molecule has 0 aromatic carbocycles. The topological polar surface area (TPSA) is 104 Å². The van der Waals surface area contributed by atoms with Gasteiger partial charge in [0.25, 0.3) is 0 Å². The zero-order valence-electron chi connectivity index (χ0n) is 18.2.